The quantitative estimate of drug-likeness (QED) is 0.894. The lowest BCUT2D eigenvalue weighted by atomic mass is 10.1. The van der Waals surface area contributed by atoms with E-state index in [1.807, 2.05) is 10.9 Å². The number of nitrogens with one attached hydrogen (secondary N) is 1. The molecule has 2 aromatic rings. The molecule has 0 aliphatic carbocycles. The normalized spacial score (nSPS) is 12.7. The summed E-state index contributed by atoms with van der Waals surface area (Å²) in [5, 5.41) is 7.92. The van der Waals surface area contributed by atoms with E-state index in [1.54, 1.807) is 0 Å². The predicted molar refractivity (Wildman–Crippen MR) is 75.1 cm³/mol. The number of benzene rings is 1. The molecule has 0 radical (unpaired) electrons. The van der Waals surface area contributed by atoms with Crippen LogP contribution in [0.4, 0.5) is 0 Å². The molecule has 96 valence electrons. The minimum Gasteiger partial charge on any atom is -0.310 e. The van der Waals surface area contributed by atoms with Gasteiger partial charge in [-0.25, -0.2) is 4.68 Å². The highest BCUT2D eigenvalue weighted by Gasteiger charge is 2.12. The minimum absolute atomic E-state index is 0.342. The molecule has 1 heterocycles. The zero-order chi connectivity index (χ0) is 13.1. The van der Waals surface area contributed by atoms with Crippen molar-refractivity contribution < 1.29 is 0 Å². The lowest BCUT2D eigenvalue weighted by Crippen LogP contribution is -2.18. The van der Waals surface area contributed by atoms with Crippen molar-refractivity contribution >= 4 is 0 Å². The first-order valence-electron chi connectivity index (χ1n) is 6.48. The minimum atomic E-state index is 0.342. The summed E-state index contributed by atoms with van der Waals surface area (Å²) in [4.78, 5) is 0. The second-order valence-electron chi connectivity index (χ2n) is 4.71. The van der Waals surface area contributed by atoms with Crippen LogP contribution in [0.1, 0.15) is 36.7 Å². The Labute approximate surface area is 109 Å². The van der Waals surface area contributed by atoms with E-state index in [-0.39, 0.29) is 0 Å². The summed E-state index contributed by atoms with van der Waals surface area (Å²) < 4.78 is 2.00. The Hall–Kier alpha value is -1.61. The summed E-state index contributed by atoms with van der Waals surface area (Å²) in [5.41, 5.74) is 4.85. The Morgan fingerprint density at radius 1 is 1.22 bits per heavy atom. The number of nitrogens with zero attached hydrogens (tertiary/aromatic N) is 2. The third kappa shape index (κ3) is 2.46. The Morgan fingerprint density at radius 3 is 2.50 bits per heavy atom. The molecule has 1 unspecified atom stereocenters. The highest BCUT2D eigenvalue weighted by molar-refractivity contribution is 5.37. The van der Waals surface area contributed by atoms with E-state index in [2.05, 4.69) is 62.4 Å². The van der Waals surface area contributed by atoms with Crippen molar-refractivity contribution in [1.82, 2.24) is 15.1 Å². The molecular formula is C15H21N3. The third-order valence-electron chi connectivity index (χ3n) is 3.30. The summed E-state index contributed by atoms with van der Waals surface area (Å²) in [6.07, 6.45) is 1.96. The predicted octanol–water partition coefficient (Wildman–Crippen LogP) is 3.16. The van der Waals surface area contributed by atoms with E-state index >= 15 is 0 Å². The van der Waals surface area contributed by atoms with Crippen LogP contribution in [0.25, 0.3) is 5.69 Å². The number of rotatable bonds is 4. The maximum atomic E-state index is 4.50. The van der Waals surface area contributed by atoms with Gasteiger partial charge >= 0.3 is 0 Å². The smallest absolute Gasteiger partial charge is 0.0648 e. The molecule has 0 saturated carbocycles. The van der Waals surface area contributed by atoms with E-state index in [9.17, 15) is 0 Å². The van der Waals surface area contributed by atoms with Crippen molar-refractivity contribution in [2.75, 3.05) is 6.54 Å². The average Bonchev–Trinajstić information content (AvgIpc) is 2.73. The van der Waals surface area contributed by atoms with Crippen molar-refractivity contribution in [2.45, 2.75) is 33.7 Å². The van der Waals surface area contributed by atoms with E-state index < -0.39 is 0 Å². The Balaban J connectivity index is 2.33. The molecule has 3 nitrogen and oxygen atoms in total. The van der Waals surface area contributed by atoms with Crippen LogP contribution in [-0.4, -0.2) is 16.3 Å². The molecule has 1 atom stereocenters. The molecule has 18 heavy (non-hydrogen) atoms. The number of hydrogen-bond donors (Lipinski definition) is 1. The zero-order valence-electron chi connectivity index (χ0n) is 11.6. The van der Waals surface area contributed by atoms with Crippen LogP contribution >= 0.6 is 0 Å². The van der Waals surface area contributed by atoms with Crippen LogP contribution in [0, 0.1) is 13.8 Å². The Morgan fingerprint density at radius 2 is 1.89 bits per heavy atom. The summed E-state index contributed by atoms with van der Waals surface area (Å²) in [6, 6.07) is 8.79. The summed E-state index contributed by atoms with van der Waals surface area (Å²) >= 11 is 0. The largest absolute Gasteiger partial charge is 0.310 e. The second kappa shape index (κ2) is 5.36. The third-order valence-corrected chi connectivity index (χ3v) is 3.30. The molecular weight excluding hydrogens is 222 g/mol. The fourth-order valence-corrected chi connectivity index (χ4v) is 2.21. The second-order valence-corrected chi connectivity index (χ2v) is 4.71. The van der Waals surface area contributed by atoms with Gasteiger partial charge in [0.15, 0.2) is 0 Å². The van der Waals surface area contributed by atoms with Crippen LogP contribution in [0.2, 0.25) is 0 Å². The molecule has 3 heteroatoms. The van der Waals surface area contributed by atoms with Gasteiger partial charge in [0, 0.05) is 17.3 Å². The highest BCUT2D eigenvalue weighted by Crippen LogP contribution is 2.20. The number of hydrogen-bond acceptors (Lipinski definition) is 2. The van der Waals surface area contributed by atoms with Gasteiger partial charge in [0.1, 0.15) is 0 Å². The number of aryl methyl sites for hydroxylation is 1. The standard InChI is InChI=1S/C15H21N3/c1-5-16-12(3)15-10-17-18(13(15)4)14-8-6-11(2)7-9-14/h6-10,12,16H,5H2,1-4H3. The van der Waals surface area contributed by atoms with E-state index in [1.165, 1.54) is 16.8 Å². The van der Waals surface area contributed by atoms with Gasteiger partial charge in [-0.05, 0) is 39.4 Å². The van der Waals surface area contributed by atoms with Crippen molar-refractivity contribution in [3.05, 3.63) is 47.3 Å². The first-order valence-corrected chi connectivity index (χ1v) is 6.48. The molecule has 0 bridgehead atoms. The van der Waals surface area contributed by atoms with Crippen LogP contribution in [0.5, 0.6) is 0 Å². The maximum Gasteiger partial charge on any atom is 0.0648 e. The van der Waals surface area contributed by atoms with Crippen molar-refractivity contribution in [3.63, 3.8) is 0 Å². The van der Waals surface area contributed by atoms with Crippen molar-refractivity contribution in [3.8, 4) is 5.69 Å². The van der Waals surface area contributed by atoms with E-state index in [0.717, 1.165) is 12.2 Å². The van der Waals surface area contributed by atoms with Crippen molar-refractivity contribution in [1.29, 1.82) is 0 Å². The van der Waals surface area contributed by atoms with Gasteiger partial charge < -0.3 is 5.32 Å². The van der Waals surface area contributed by atoms with E-state index in [0.29, 0.717) is 6.04 Å². The van der Waals surface area contributed by atoms with Gasteiger partial charge in [-0.3, -0.25) is 0 Å². The lowest BCUT2D eigenvalue weighted by Gasteiger charge is -2.12. The van der Waals surface area contributed by atoms with Crippen LogP contribution in [0.3, 0.4) is 0 Å². The molecule has 0 fully saturated rings. The molecule has 0 saturated heterocycles. The van der Waals surface area contributed by atoms with E-state index in [4.69, 9.17) is 0 Å². The van der Waals surface area contributed by atoms with Crippen LogP contribution < -0.4 is 5.32 Å². The lowest BCUT2D eigenvalue weighted by molar-refractivity contribution is 0.594. The van der Waals surface area contributed by atoms with Gasteiger partial charge in [-0.15, -0.1) is 0 Å². The Kier molecular flexibility index (Phi) is 3.82. The highest BCUT2D eigenvalue weighted by atomic mass is 15.3. The maximum absolute atomic E-state index is 4.50. The van der Waals surface area contributed by atoms with Gasteiger partial charge in [0.25, 0.3) is 0 Å². The van der Waals surface area contributed by atoms with Crippen LogP contribution in [-0.2, 0) is 0 Å². The molecule has 0 amide bonds. The molecule has 1 aromatic heterocycles. The topological polar surface area (TPSA) is 29.9 Å². The van der Waals surface area contributed by atoms with Crippen LogP contribution in [0.15, 0.2) is 30.5 Å². The zero-order valence-corrected chi connectivity index (χ0v) is 11.6. The Bertz CT molecular complexity index is 511. The molecule has 2 rings (SSSR count). The molecule has 0 aliphatic heterocycles. The van der Waals surface area contributed by atoms with Gasteiger partial charge in [-0.1, -0.05) is 24.6 Å². The van der Waals surface area contributed by atoms with Gasteiger partial charge in [0.2, 0.25) is 0 Å². The first kappa shape index (κ1) is 12.8. The van der Waals surface area contributed by atoms with Gasteiger partial charge in [-0.2, -0.15) is 5.10 Å². The fraction of sp³-hybridized carbons (Fsp3) is 0.400. The molecule has 1 N–H and O–H groups in total. The molecule has 0 aliphatic rings. The number of aromatic nitrogens is 2. The molecule has 0 spiro atoms. The van der Waals surface area contributed by atoms with Crippen molar-refractivity contribution in [2.24, 2.45) is 0 Å². The first-order chi connectivity index (χ1) is 8.63. The summed E-state index contributed by atoms with van der Waals surface area (Å²) in [6.45, 7) is 9.48. The fourth-order valence-electron chi connectivity index (χ4n) is 2.21. The summed E-state index contributed by atoms with van der Waals surface area (Å²) in [7, 11) is 0. The van der Waals surface area contributed by atoms with Gasteiger partial charge in [0.05, 0.1) is 11.9 Å². The average molecular weight is 243 g/mol. The summed E-state index contributed by atoms with van der Waals surface area (Å²) in [5.74, 6) is 0. The monoisotopic (exact) mass is 243 g/mol. The SMILES string of the molecule is CCNC(C)c1cnn(-c2ccc(C)cc2)c1C. The molecule has 1 aromatic carbocycles.